The van der Waals surface area contributed by atoms with Crippen LogP contribution in [0, 0.1) is 5.92 Å². The summed E-state index contributed by atoms with van der Waals surface area (Å²) in [6.45, 7) is 2.65. The Morgan fingerprint density at radius 2 is 2.04 bits per heavy atom. The van der Waals surface area contributed by atoms with Gasteiger partial charge in [0.05, 0.1) is 0 Å². The summed E-state index contributed by atoms with van der Waals surface area (Å²) in [4.78, 5) is 12.3. The molecule has 0 radical (unpaired) electrons. The van der Waals surface area contributed by atoms with Gasteiger partial charge in [-0.05, 0) is 41.6 Å². The second-order valence-corrected chi connectivity index (χ2v) is 6.59. The maximum atomic E-state index is 12.3. The van der Waals surface area contributed by atoms with Crippen LogP contribution in [0.2, 0.25) is 0 Å². The summed E-state index contributed by atoms with van der Waals surface area (Å²) >= 11 is 0. The fourth-order valence-corrected chi connectivity index (χ4v) is 3.45. The van der Waals surface area contributed by atoms with Crippen LogP contribution in [-0.4, -0.2) is 25.5 Å². The largest absolute Gasteiger partial charge is 0.352 e. The Bertz CT molecular complexity index is 765. The predicted molar refractivity (Wildman–Crippen MR) is 93.4 cm³/mol. The third-order valence-corrected chi connectivity index (χ3v) is 4.98. The predicted octanol–water partition coefficient (Wildman–Crippen LogP) is 2.98. The van der Waals surface area contributed by atoms with E-state index in [4.69, 9.17) is 0 Å². The number of carbonyl (C=O) groups is 1. The van der Waals surface area contributed by atoms with Gasteiger partial charge in [-0.25, -0.2) is 0 Å². The molecule has 1 aliphatic carbocycles. The Morgan fingerprint density at radius 1 is 1.17 bits per heavy atom. The molecule has 2 aromatic rings. The second-order valence-electron chi connectivity index (χ2n) is 6.59. The molecule has 1 fully saturated rings. The maximum Gasteiger partial charge on any atom is 0.224 e. The fraction of sp³-hybridized carbons (Fsp3) is 0.350. The van der Waals surface area contributed by atoms with Gasteiger partial charge in [0.25, 0.3) is 0 Å². The zero-order valence-electron chi connectivity index (χ0n) is 13.2. The lowest BCUT2D eigenvalue weighted by atomic mass is 10.0. The Labute approximate surface area is 136 Å². The quantitative estimate of drug-likeness (QED) is 0.853. The minimum absolute atomic E-state index is 0.151. The van der Waals surface area contributed by atoms with Crippen molar-refractivity contribution < 1.29 is 4.79 Å². The summed E-state index contributed by atoms with van der Waals surface area (Å²) < 4.78 is 0. The first-order chi connectivity index (χ1) is 11.3. The van der Waals surface area contributed by atoms with E-state index >= 15 is 0 Å². The summed E-state index contributed by atoms with van der Waals surface area (Å²) in [6, 6.07) is 15.0. The van der Waals surface area contributed by atoms with Gasteiger partial charge in [-0.2, -0.15) is 0 Å². The van der Waals surface area contributed by atoms with Crippen LogP contribution in [0.4, 0.5) is 0 Å². The normalized spacial score (nSPS) is 23.4. The summed E-state index contributed by atoms with van der Waals surface area (Å²) in [7, 11) is 0. The highest BCUT2D eigenvalue weighted by atomic mass is 16.2. The van der Waals surface area contributed by atoms with E-state index in [0.717, 1.165) is 25.9 Å². The number of hydrogen-bond acceptors (Lipinski definition) is 2. The number of amides is 1. The molecular formula is C20H22N2O. The molecule has 0 saturated heterocycles. The molecule has 1 amide bonds. The van der Waals surface area contributed by atoms with Crippen molar-refractivity contribution >= 4 is 16.7 Å². The summed E-state index contributed by atoms with van der Waals surface area (Å²) in [5, 5.41) is 8.93. The van der Waals surface area contributed by atoms with Crippen molar-refractivity contribution in [2.24, 2.45) is 5.92 Å². The lowest BCUT2D eigenvalue weighted by molar-refractivity contribution is -0.122. The average molecular weight is 306 g/mol. The molecule has 0 bridgehead atoms. The molecule has 3 heteroatoms. The number of carbonyl (C=O) groups excluding carboxylic acids is 1. The van der Waals surface area contributed by atoms with Crippen molar-refractivity contribution in [2.75, 3.05) is 19.6 Å². The first-order valence-corrected chi connectivity index (χ1v) is 8.46. The maximum absolute atomic E-state index is 12.3. The number of nitrogens with one attached hydrogen (secondary N) is 2. The topological polar surface area (TPSA) is 41.1 Å². The number of fused-ring (bicyclic) bond motifs is 1. The van der Waals surface area contributed by atoms with Crippen LogP contribution in [0.25, 0.3) is 10.8 Å². The molecule has 1 saturated carbocycles. The molecule has 2 unspecified atom stereocenters. The molecule has 0 spiro atoms. The van der Waals surface area contributed by atoms with Gasteiger partial charge in [0.2, 0.25) is 5.91 Å². The van der Waals surface area contributed by atoms with Gasteiger partial charge >= 0.3 is 0 Å². The lowest BCUT2D eigenvalue weighted by Gasteiger charge is -2.14. The van der Waals surface area contributed by atoms with E-state index < -0.39 is 0 Å². The molecular weight excluding hydrogens is 284 g/mol. The summed E-state index contributed by atoms with van der Waals surface area (Å²) in [5.74, 6) is 0.752. The van der Waals surface area contributed by atoms with Gasteiger partial charge in [-0.15, -0.1) is 0 Å². The molecule has 23 heavy (non-hydrogen) atoms. The lowest BCUT2D eigenvalue weighted by Crippen LogP contribution is -2.30. The number of rotatable bonds is 4. The van der Waals surface area contributed by atoms with E-state index in [1.807, 2.05) is 0 Å². The highest BCUT2D eigenvalue weighted by Gasteiger charge is 2.43. The standard InChI is InChI=1S/C20H22N2O/c23-20(22-13-14-7-9-21-10-8-14)19-12-18(19)17-6-5-15-3-1-2-4-16(15)11-17/h1-7,11,18-19,21H,8-10,12-13H2,(H,22,23). The highest BCUT2D eigenvalue weighted by Crippen LogP contribution is 2.48. The van der Waals surface area contributed by atoms with E-state index in [1.54, 1.807) is 0 Å². The van der Waals surface area contributed by atoms with E-state index in [-0.39, 0.29) is 11.8 Å². The van der Waals surface area contributed by atoms with Crippen LogP contribution in [0.15, 0.2) is 54.1 Å². The van der Waals surface area contributed by atoms with Crippen LogP contribution in [0.1, 0.15) is 24.3 Å². The van der Waals surface area contributed by atoms with Crippen LogP contribution in [0.5, 0.6) is 0 Å². The van der Waals surface area contributed by atoms with Crippen molar-refractivity contribution in [3.63, 3.8) is 0 Å². The molecule has 2 aliphatic rings. The minimum atomic E-state index is 0.151. The molecule has 3 nitrogen and oxygen atoms in total. The van der Waals surface area contributed by atoms with Gasteiger partial charge in [0.1, 0.15) is 0 Å². The molecule has 4 rings (SSSR count). The average Bonchev–Trinajstić information content (AvgIpc) is 3.41. The van der Waals surface area contributed by atoms with E-state index in [2.05, 4.69) is 59.2 Å². The van der Waals surface area contributed by atoms with Gasteiger partial charge in [-0.1, -0.05) is 54.1 Å². The molecule has 2 N–H and O–H groups in total. The van der Waals surface area contributed by atoms with Crippen LogP contribution < -0.4 is 10.6 Å². The molecule has 2 aromatic carbocycles. The summed E-state index contributed by atoms with van der Waals surface area (Å²) in [6.07, 6.45) is 4.21. The first-order valence-electron chi connectivity index (χ1n) is 8.46. The smallest absolute Gasteiger partial charge is 0.224 e. The Kier molecular flexibility index (Phi) is 3.88. The Morgan fingerprint density at radius 3 is 2.87 bits per heavy atom. The second kappa shape index (κ2) is 6.17. The van der Waals surface area contributed by atoms with Crippen LogP contribution in [-0.2, 0) is 4.79 Å². The third kappa shape index (κ3) is 3.15. The Balaban J connectivity index is 1.38. The van der Waals surface area contributed by atoms with Gasteiger partial charge in [0.15, 0.2) is 0 Å². The number of benzene rings is 2. The zero-order chi connectivity index (χ0) is 15.6. The van der Waals surface area contributed by atoms with Crippen molar-refractivity contribution in [3.8, 4) is 0 Å². The van der Waals surface area contributed by atoms with Gasteiger partial charge < -0.3 is 10.6 Å². The van der Waals surface area contributed by atoms with Crippen LogP contribution in [0.3, 0.4) is 0 Å². The molecule has 0 aromatic heterocycles. The van der Waals surface area contributed by atoms with Gasteiger partial charge in [-0.3, -0.25) is 4.79 Å². The van der Waals surface area contributed by atoms with Crippen molar-refractivity contribution in [3.05, 3.63) is 59.7 Å². The molecule has 1 heterocycles. The monoisotopic (exact) mass is 306 g/mol. The summed E-state index contributed by atoms with van der Waals surface area (Å²) in [5.41, 5.74) is 2.64. The van der Waals surface area contributed by atoms with E-state index in [0.29, 0.717) is 12.5 Å². The van der Waals surface area contributed by atoms with Crippen molar-refractivity contribution in [2.45, 2.75) is 18.8 Å². The molecule has 118 valence electrons. The third-order valence-electron chi connectivity index (χ3n) is 4.98. The van der Waals surface area contributed by atoms with Crippen molar-refractivity contribution in [1.29, 1.82) is 0 Å². The first kappa shape index (κ1) is 14.5. The van der Waals surface area contributed by atoms with Gasteiger partial charge in [0, 0.05) is 19.0 Å². The molecule has 2 atom stereocenters. The SMILES string of the molecule is O=C(NCC1=CCNCC1)C1CC1c1ccc2ccccc2c1. The van der Waals surface area contributed by atoms with E-state index in [9.17, 15) is 4.79 Å². The highest BCUT2D eigenvalue weighted by molar-refractivity contribution is 5.85. The van der Waals surface area contributed by atoms with Crippen molar-refractivity contribution in [1.82, 2.24) is 10.6 Å². The molecule has 1 aliphatic heterocycles. The fourth-order valence-electron chi connectivity index (χ4n) is 3.45. The van der Waals surface area contributed by atoms with Crippen LogP contribution >= 0.6 is 0 Å². The number of hydrogen-bond donors (Lipinski definition) is 2. The zero-order valence-corrected chi connectivity index (χ0v) is 13.2. The Hall–Kier alpha value is -2.13. The van der Waals surface area contributed by atoms with E-state index in [1.165, 1.54) is 21.9 Å². The minimum Gasteiger partial charge on any atom is -0.352 e.